The van der Waals surface area contributed by atoms with Crippen molar-refractivity contribution in [2.24, 2.45) is 0 Å². The summed E-state index contributed by atoms with van der Waals surface area (Å²) < 4.78 is 35.1. The minimum Gasteiger partial charge on any atom is -0.495 e. The molecule has 1 atom stereocenters. The van der Waals surface area contributed by atoms with Crippen molar-refractivity contribution in [1.29, 1.82) is 0 Å². The number of halogens is 1. The molecule has 1 N–H and O–H groups in total. The number of amides is 2. The van der Waals surface area contributed by atoms with E-state index in [0.29, 0.717) is 0 Å². The Labute approximate surface area is 282 Å². The van der Waals surface area contributed by atoms with E-state index in [9.17, 15) is 18.0 Å². The monoisotopic (exact) mass is 673 g/mol. The van der Waals surface area contributed by atoms with Gasteiger partial charge in [0.05, 0.1) is 17.7 Å². The zero-order chi connectivity index (χ0) is 33.2. The van der Waals surface area contributed by atoms with Gasteiger partial charge in [-0.2, -0.15) is 0 Å². The molecule has 0 heterocycles. The van der Waals surface area contributed by atoms with Gasteiger partial charge in [-0.15, -0.1) is 0 Å². The summed E-state index contributed by atoms with van der Waals surface area (Å²) >= 11 is 6.37. The van der Waals surface area contributed by atoms with Crippen LogP contribution in [0, 0.1) is 0 Å². The number of hydrogen-bond donors (Lipinski definition) is 1. The average Bonchev–Trinajstić information content (AvgIpc) is 3.10. The van der Waals surface area contributed by atoms with E-state index in [1.807, 2.05) is 60.7 Å². The summed E-state index contributed by atoms with van der Waals surface area (Å²) in [6.45, 7) is -0.496. The van der Waals surface area contributed by atoms with Gasteiger partial charge in [0.15, 0.2) is 0 Å². The van der Waals surface area contributed by atoms with Crippen LogP contribution in [0.4, 0.5) is 5.69 Å². The third kappa shape index (κ3) is 8.73. The van der Waals surface area contributed by atoms with Crippen LogP contribution in [-0.4, -0.2) is 50.9 Å². The van der Waals surface area contributed by atoms with Crippen molar-refractivity contribution >= 4 is 39.1 Å². The Balaban J connectivity index is 1.58. The summed E-state index contributed by atoms with van der Waals surface area (Å²) in [6.07, 6.45) is 5.23. The molecule has 0 aromatic heterocycles. The molecule has 246 valence electrons. The Morgan fingerprint density at radius 3 is 2.06 bits per heavy atom. The number of carbonyl (C=O) groups is 2. The van der Waals surface area contributed by atoms with E-state index in [2.05, 4.69) is 5.32 Å². The fourth-order valence-corrected chi connectivity index (χ4v) is 7.57. The largest absolute Gasteiger partial charge is 0.495 e. The molecule has 0 spiro atoms. The first-order chi connectivity index (χ1) is 22.8. The van der Waals surface area contributed by atoms with Gasteiger partial charge in [0.25, 0.3) is 10.0 Å². The Bertz CT molecular complexity index is 1730. The van der Waals surface area contributed by atoms with E-state index in [1.54, 1.807) is 30.3 Å². The predicted octanol–water partition coefficient (Wildman–Crippen LogP) is 6.63. The number of benzene rings is 4. The van der Waals surface area contributed by atoms with Crippen LogP contribution >= 0.6 is 11.6 Å². The van der Waals surface area contributed by atoms with Crippen molar-refractivity contribution in [3.63, 3.8) is 0 Å². The number of ether oxygens (including phenoxy) is 1. The van der Waals surface area contributed by atoms with Gasteiger partial charge in [0.1, 0.15) is 18.3 Å². The van der Waals surface area contributed by atoms with Gasteiger partial charge in [0.2, 0.25) is 11.8 Å². The summed E-state index contributed by atoms with van der Waals surface area (Å²) in [5.41, 5.74) is 1.80. The van der Waals surface area contributed by atoms with Gasteiger partial charge in [-0.25, -0.2) is 8.42 Å². The lowest BCUT2D eigenvalue weighted by Crippen LogP contribution is -2.55. The molecule has 1 aliphatic rings. The molecule has 1 fully saturated rings. The van der Waals surface area contributed by atoms with E-state index >= 15 is 0 Å². The van der Waals surface area contributed by atoms with Crippen LogP contribution < -0.4 is 14.4 Å². The number of sulfonamides is 1. The molecule has 8 nitrogen and oxygen atoms in total. The van der Waals surface area contributed by atoms with Gasteiger partial charge in [-0.3, -0.25) is 13.9 Å². The standard InChI is InChI=1S/C37H40ClN3O5S/c1-46-35-23-22-30(38)25-33(35)41(47(44,45)32-20-12-5-13-21-32)27-36(42)40(26-29-16-8-3-9-17-29)34(24-28-14-6-2-7-15-28)37(43)39-31-18-10-4-11-19-31/h2-3,5-9,12-17,20-23,25,31,34H,4,10-11,18-19,24,26-27H2,1H3,(H,39,43)/t34-/m1/s1. The Kier molecular flexibility index (Phi) is 11.6. The highest BCUT2D eigenvalue weighted by atomic mass is 35.5. The molecular weight excluding hydrogens is 634 g/mol. The minimum atomic E-state index is -4.29. The van der Waals surface area contributed by atoms with Gasteiger partial charge in [0, 0.05) is 24.0 Å². The van der Waals surface area contributed by atoms with E-state index in [0.717, 1.165) is 47.5 Å². The molecule has 4 aromatic rings. The minimum absolute atomic E-state index is 0.000292. The second-order valence-corrected chi connectivity index (χ2v) is 14.0. The lowest BCUT2D eigenvalue weighted by atomic mass is 9.94. The maximum atomic E-state index is 14.7. The fourth-order valence-electron chi connectivity index (χ4n) is 5.97. The Morgan fingerprint density at radius 1 is 0.851 bits per heavy atom. The molecular formula is C37H40ClN3O5S. The normalized spacial score (nSPS) is 14.2. The zero-order valence-corrected chi connectivity index (χ0v) is 28.0. The summed E-state index contributed by atoms with van der Waals surface area (Å²) in [5, 5.41) is 3.50. The van der Waals surface area contributed by atoms with E-state index in [-0.39, 0.29) is 46.3 Å². The molecule has 5 rings (SSSR count). The van der Waals surface area contributed by atoms with Crippen LogP contribution in [0.5, 0.6) is 5.75 Å². The van der Waals surface area contributed by atoms with Crippen molar-refractivity contribution in [3.05, 3.63) is 125 Å². The third-order valence-electron chi connectivity index (χ3n) is 8.44. The van der Waals surface area contributed by atoms with Crippen LogP contribution in [0.2, 0.25) is 5.02 Å². The lowest BCUT2D eigenvalue weighted by molar-refractivity contribution is -0.140. The van der Waals surface area contributed by atoms with Gasteiger partial charge < -0.3 is 15.0 Å². The van der Waals surface area contributed by atoms with Gasteiger partial charge in [-0.05, 0) is 54.3 Å². The van der Waals surface area contributed by atoms with Crippen molar-refractivity contribution < 1.29 is 22.7 Å². The number of nitrogens with one attached hydrogen (secondary N) is 1. The molecule has 0 bridgehead atoms. The van der Waals surface area contributed by atoms with Crippen molar-refractivity contribution in [3.8, 4) is 5.75 Å². The Morgan fingerprint density at radius 2 is 1.45 bits per heavy atom. The second kappa shape index (κ2) is 16.0. The number of rotatable bonds is 13. The maximum absolute atomic E-state index is 14.7. The van der Waals surface area contributed by atoms with Crippen LogP contribution in [0.25, 0.3) is 0 Å². The fraction of sp³-hybridized carbons (Fsp3) is 0.297. The predicted molar refractivity (Wildman–Crippen MR) is 185 cm³/mol. The molecule has 4 aromatic carbocycles. The molecule has 47 heavy (non-hydrogen) atoms. The first-order valence-electron chi connectivity index (χ1n) is 15.9. The second-order valence-electron chi connectivity index (χ2n) is 11.7. The molecule has 0 saturated heterocycles. The van der Waals surface area contributed by atoms with Crippen LogP contribution in [-0.2, 0) is 32.6 Å². The number of hydrogen-bond acceptors (Lipinski definition) is 5. The smallest absolute Gasteiger partial charge is 0.264 e. The van der Waals surface area contributed by atoms with E-state index in [4.69, 9.17) is 16.3 Å². The summed E-state index contributed by atoms with van der Waals surface area (Å²) in [4.78, 5) is 30.4. The quantitative estimate of drug-likeness (QED) is 0.172. The first-order valence-corrected chi connectivity index (χ1v) is 17.7. The third-order valence-corrected chi connectivity index (χ3v) is 10.4. The van der Waals surface area contributed by atoms with Gasteiger partial charge >= 0.3 is 0 Å². The van der Waals surface area contributed by atoms with Crippen molar-refractivity contribution in [2.45, 2.75) is 62.0 Å². The molecule has 2 amide bonds. The molecule has 1 aliphatic carbocycles. The first kappa shape index (κ1) is 34.0. The van der Waals surface area contributed by atoms with Gasteiger partial charge in [-0.1, -0.05) is 110 Å². The van der Waals surface area contributed by atoms with Crippen molar-refractivity contribution in [2.75, 3.05) is 18.0 Å². The molecule has 0 aliphatic heterocycles. The summed E-state index contributed by atoms with van der Waals surface area (Å²) in [5.74, 6) is -0.579. The number of anilines is 1. The molecule has 1 saturated carbocycles. The number of carbonyl (C=O) groups excluding carboxylic acids is 2. The number of nitrogens with zero attached hydrogens (tertiary/aromatic N) is 2. The average molecular weight is 674 g/mol. The lowest BCUT2D eigenvalue weighted by Gasteiger charge is -2.35. The summed E-state index contributed by atoms with van der Waals surface area (Å²) in [7, 11) is -2.86. The molecule has 0 radical (unpaired) electrons. The Hall–Kier alpha value is -4.34. The molecule has 0 unspecified atom stereocenters. The maximum Gasteiger partial charge on any atom is 0.264 e. The highest BCUT2D eigenvalue weighted by Crippen LogP contribution is 2.35. The SMILES string of the molecule is COc1ccc(Cl)cc1N(CC(=O)N(Cc1ccccc1)[C@H](Cc1ccccc1)C(=O)NC1CCCCC1)S(=O)(=O)c1ccccc1. The van der Waals surface area contributed by atoms with Crippen LogP contribution in [0.1, 0.15) is 43.2 Å². The zero-order valence-electron chi connectivity index (χ0n) is 26.4. The van der Waals surface area contributed by atoms with Crippen molar-refractivity contribution in [1.82, 2.24) is 10.2 Å². The van der Waals surface area contributed by atoms with E-state index < -0.39 is 28.5 Å². The summed E-state index contributed by atoms with van der Waals surface area (Å²) in [6, 6.07) is 30.6. The topological polar surface area (TPSA) is 96.0 Å². The highest BCUT2D eigenvalue weighted by molar-refractivity contribution is 7.92. The molecule has 10 heteroatoms. The van der Waals surface area contributed by atoms with Crippen LogP contribution in [0.3, 0.4) is 0 Å². The van der Waals surface area contributed by atoms with E-state index in [1.165, 1.54) is 30.2 Å². The number of methoxy groups -OCH3 is 1. The van der Waals surface area contributed by atoms with Crippen LogP contribution in [0.15, 0.2) is 114 Å². The highest BCUT2D eigenvalue weighted by Gasteiger charge is 2.36.